The fourth-order valence-electron chi connectivity index (χ4n) is 11.3. The van der Waals surface area contributed by atoms with E-state index in [0.717, 1.165) is 66.7 Å². The average Bonchev–Trinajstić information content (AvgIpc) is 4.00. The fourth-order valence-corrected chi connectivity index (χ4v) is 11.3. The Morgan fingerprint density at radius 3 is 1.66 bits per heavy atom. The largest absolute Gasteiger partial charge is 0.456 e. The lowest BCUT2D eigenvalue weighted by Crippen LogP contribution is -2.29. The van der Waals surface area contributed by atoms with Gasteiger partial charge >= 0.3 is 0 Å². The highest BCUT2D eigenvalue weighted by Crippen LogP contribution is 2.63. The van der Waals surface area contributed by atoms with Gasteiger partial charge in [0.2, 0.25) is 0 Å². The van der Waals surface area contributed by atoms with E-state index in [1.54, 1.807) is 0 Å². The number of nitrogens with zero attached hydrogens (tertiary/aromatic N) is 1. The molecule has 1 unspecified atom stereocenters. The van der Waals surface area contributed by atoms with Gasteiger partial charge in [-0.2, -0.15) is 0 Å². The van der Waals surface area contributed by atoms with E-state index < -0.39 is 5.41 Å². The number of hydrogen-bond acceptors (Lipinski definition) is 3. The fraction of sp³-hybridized carbons (Fsp3) is 0.0164. The minimum absolute atomic E-state index is 0.651. The van der Waals surface area contributed by atoms with Crippen molar-refractivity contribution in [3.05, 3.63) is 247 Å². The van der Waals surface area contributed by atoms with Crippen molar-refractivity contribution in [1.82, 2.24) is 0 Å². The second kappa shape index (κ2) is 13.3. The van der Waals surface area contributed by atoms with Gasteiger partial charge < -0.3 is 13.7 Å². The topological polar surface area (TPSA) is 29.5 Å². The second-order valence-electron chi connectivity index (χ2n) is 17.1. The number of anilines is 3. The van der Waals surface area contributed by atoms with E-state index in [-0.39, 0.29) is 0 Å². The monoisotopic (exact) mass is 815 g/mol. The zero-order valence-electron chi connectivity index (χ0n) is 34.6. The van der Waals surface area contributed by atoms with Crippen LogP contribution in [0.3, 0.4) is 0 Å². The standard InChI is InChI=1S/C61H37NO2/c1-2-16-38(17-3-1)41-18-8-13-27-54(41)62(40-30-32-46-45-22-9-14-28-55(45)64-58(46)37-40)39-31-33-52-49(36-39)43-20-5-4-19-42(43)44-21-6-11-25-50(44)61(52)51-26-12-7-23-47(51)59-53(61)34-35-57-60(59)48-24-10-15-29-56(48)63-57/h1-37H. The molecule has 0 saturated heterocycles. The van der Waals surface area contributed by atoms with E-state index in [1.165, 1.54) is 61.0 Å². The molecule has 0 aliphatic heterocycles. The molecule has 64 heavy (non-hydrogen) atoms. The Morgan fingerprint density at radius 1 is 0.312 bits per heavy atom. The summed E-state index contributed by atoms with van der Waals surface area (Å²) < 4.78 is 13.1. The van der Waals surface area contributed by atoms with Gasteiger partial charge in [-0.25, -0.2) is 0 Å². The Bertz CT molecular complexity index is 3870. The molecule has 0 radical (unpaired) electrons. The van der Waals surface area contributed by atoms with Crippen LogP contribution in [0.1, 0.15) is 22.3 Å². The van der Waals surface area contributed by atoms with Crippen LogP contribution >= 0.6 is 0 Å². The molecule has 0 amide bonds. The highest BCUT2D eigenvalue weighted by molar-refractivity contribution is 6.16. The molecule has 2 aromatic heterocycles. The summed E-state index contributed by atoms with van der Waals surface area (Å²) in [7, 11) is 0. The van der Waals surface area contributed by atoms with E-state index in [0.29, 0.717) is 0 Å². The Hall–Kier alpha value is -8.40. The summed E-state index contributed by atoms with van der Waals surface area (Å²) in [4.78, 5) is 2.42. The first-order valence-electron chi connectivity index (χ1n) is 22.0. The van der Waals surface area contributed by atoms with E-state index in [2.05, 4.69) is 223 Å². The molecule has 10 aromatic carbocycles. The number of hydrogen-bond donors (Lipinski definition) is 0. The first kappa shape index (κ1) is 35.2. The minimum Gasteiger partial charge on any atom is -0.456 e. The number of furan rings is 2. The predicted octanol–water partition coefficient (Wildman–Crippen LogP) is 16.6. The van der Waals surface area contributed by atoms with Gasteiger partial charge in [0.1, 0.15) is 22.3 Å². The van der Waals surface area contributed by atoms with Crippen molar-refractivity contribution in [2.45, 2.75) is 5.41 Å². The maximum Gasteiger partial charge on any atom is 0.137 e. The summed E-state index contributed by atoms with van der Waals surface area (Å²) in [6.45, 7) is 0. The van der Waals surface area contributed by atoms with E-state index in [4.69, 9.17) is 8.83 Å². The maximum absolute atomic E-state index is 6.58. The highest BCUT2D eigenvalue weighted by atomic mass is 16.3. The van der Waals surface area contributed by atoms with E-state index in [1.807, 2.05) is 6.07 Å². The SMILES string of the molecule is c1ccc(-c2ccccc2N(c2ccc3c(c2)-c2ccccc2-c2ccccc2C32c3ccccc3-c3c2ccc2oc4ccccc4c32)c2ccc3c(c2)oc2ccccc23)cc1. The third-order valence-electron chi connectivity index (χ3n) is 13.9. The summed E-state index contributed by atoms with van der Waals surface area (Å²) in [5.41, 5.74) is 20.7. The minimum atomic E-state index is -0.651. The van der Waals surface area contributed by atoms with Crippen LogP contribution in [0.5, 0.6) is 0 Å². The lowest BCUT2D eigenvalue weighted by Gasteiger charge is -2.36. The average molecular weight is 816 g/mol. The number of para-hydroxylation sites is 3. The molecule has 0 bridgehead atoms. The van der Waals surface area contributed by atoms with Crippen molar-refractivity contribution in [2.75, 3.05) is 4.90 Å². The van der Waals surface area contributed by atoms with Crippen LogP contribution in [0.25, 0.3) is 88.4 Å². The van der Waals surface area contributed by atoms with Crippen molar-refractivity contribution in [3.8, 4) is 44.5 Å². The van der Waals surface area contributed by atoms with Gasteiger partial charge in [-0.15, -0.1) is 0 Å². The maximum atomic E-state index is 6.58. The van der Waals surface area contributed by atoms with Crippen LogP contribution in [0.2, 0.25) is 0 Å². The van der Waals surface area contributed by atoms with Crippen molar-refractivity contribution in [3.63, 3.8) is 0 Å². The predicted molar refractivity (Wildman–Crippen MR) is 263 cm³/mol. The van der Waals surface area contributed by atoms with Crippen LogP contribution in [0.15, 0.2) is 233 Å². The molecule has 12 aromatic rings. The second-order valence-corrected chi connectivity index (χ2v) is 17.1. The zero-order valence-corrected chi connectivity index (χ0v) is 34.6. The Labute approximate surface area is 369 Å². The van der Waals surface area contributed by atoms with Gasteiger partial charge in [0.15, 0.2) is 0 Å². The molecule has 3 nitrogen and oxygen atoms in total. The van der Waals surface area contributed by atoms with Crippen LogP contribution in [-0.4, -0.2) is 0 Å². The van der Waals surface area contributed by atoms with Crippen LogP contribution in [-0.2, 0) is 5.41 Å². The smallest absolute Gasteiger partial charge is 0.137 e. The van der Waals surface area contributed by atoms with Gasteiger partial charge in [0.05, 0.1) is 11.1 Å². The summed E-state index contributed by atoms with van der Waals surface area (Å²) >= 11 is 0. The molecular weight excluding hydrogens is 779 g/mol. The molecule has 2 heterocycles. The number of rotatable bonds is 4. The normalized spacial score (nSPS) is 14.6. The Balaban J connectivity index is 1.10. The first-order chi connectivity index (χ1) is 31.8. The summed E-state index contributed by atoms with van der Waals surface area (Å²) in [5, 5.41) is 4.52. The summed E-state index contributed by atoms with van der Waals surface area (Å²) in [5.74, 6) is 0. The molecule has 1 atom stereocenters. The molecule has 14 rings (SSSR count). The summed E-state index contributed by atoms with van der Waals surface area (Å²) in [6, 6.07) is 81.8. The lowest BCUT2D eigenvalue weighted by atomic mass is 9.66. The van der Waals surface area contributed by atoms with Crippen molar-refractivity contribution >= 4 is 60.9 Å². The Morgan fingerprint density at radius 2 is 0.844 bits per heavy atom. The van der Waals surface area contributed by atoms with Gasteiger partial charge in [-0.1, -0.05) is 170 Å². The van der Waals surface area contributed by atoms with Crippen LogP contribution in [0, 0.1) is 0 Å². The lowest BCUT2D eigenvalue weighted by molar-refractivity contribution is 0.668. The molecule has 2 aliphatic carbocycles. The molecule has 3 heteroatoms. The quantitative estimate of drug-likeness (QED) is 0.177. The first-order valence-corrected chi connectivity index (χ1v) is 22.0. The molecule has 0 fully saturated rings. The van der Waals surface area contributed by atoms with E-state index in [9.17, 15) is 0 Å². The molecular formula is C61H37NO2. The van der Waals surface area contributed by atoms with Crippen molar-refractivity contribution in [2.24, 2.45) is 0 Å². The van der Waals surface area contributed by atoms with Gasteiger partial charge in [-0.3, -0.25) is 0 Å². The molecule has 1 spiro atoms. The van der Waals surface area contributed by atoms with Crippen LogP contribution < -0.4 is 4.90 Å². The van der Waals surface area contributed by atoms with Crippen molar-refractivity contribution < 1.29 is 8.83 Å². The molecule has 298 valence electrons. The number of fused-ring (bicyclic) bond motifs is 19. The highest BCUT2D eigenvalue weighted by Gasteiger charge is 2.50. The molecule has 0 N–H and O–H groups in total. The zero-order chi connectivity index (χ0) is 41.9. The van der Waals surface area contributed by atoms with Gasteiger partial charge in [-0.05, 0) is 110 Å². The molecule has 0 saturated carbocycles. The van der Waals surface area contributed by atoms with Gasteiger partial charge in [0, 0.05) is 44.5 Å². The third kappa shape index (κ3) is 4.76. The van der Waals surface area contributed by atoms with Crippen LogP contribution in [0.4, 0.5) is 17.1 Å². The van der Waals surface area contributed by atoms with Crippen molar-refractivity contribution in [1.29, 1.82) is 0 Å². The number of benzene rings is 10. The molecule has 2 aliphatic rings. The third-order valence-corrected chi connectivity index (χ3v) is 13.9. The van der Waals surface area contributed by atoms with Gasteiger partial charge in [0.25, 0.3) is 0 Å². The summed E-state index contributed by atoms with van der Waals surface area (Å²) in [6.07, 6.45) is 0. The Kier molecular flexibility index (Phi) is 7.32. The van der Waals surface area contributed by atoms with E-state index >= 15 is 0 Å².